The number of amides is 1. The minimum atomic E-state index is -0.979. The standard InChI is InChI=1S/C28H23BrClFN2O3/c1-16-25(21-14-19(29)11-12-23(21)33-27(16)17-6-3-2-4-7-17)28(36)32-15-18(10-13-24(34)35)20-8-5-9-22(31)26(20)30/h2-9,11-12,14,18H,10,13,15H2,1H3,(H,32,36)(H,34,35). The van der Waals surface area contributed by atoms with Crippen LogP contribution in [-0.4, -0.2) is 28.5 Å². The summed E-state index contributed by atoms with van der Waals surface area (Å²) < 4.78 is 14.9. The van der Waals surface area contributed by atoms with Gasteiger partial charge >= 0.3 is 5.97 Å². The molecular weight excluding hydrogens is 547 g/mol. The molecule has 0 bridgehead atoms. The average Bonchev–Trinajstić information content (AvgIpc) is 2.86. The molecule has 0 spiro atoms. The van der Waals surface area contributed by atoms with Crippen LogP contribution in [0.2, 0.25) is 5.02 Å². The van der Waals surface area contributed by atoms with E-state index in [4.69, 9.17) is 16.6 Å². The van der Waals surface area contributed by atoms with Gasteiger partial charge in [0.25, 0.3) is 5.91 Å². The van der Waals surface area contributed by atoms with E-state index in [-0.39, 0.29) is 30.3 Å². The van der Waals surface area contributed by atoms with Gasteiger partial charge in [-0.1, -0.05) is 70.0 Å². The molecular formula is C28H23BrClFN2O3. The molecule has 1 aromatic heterocycles. The van der Waals surface area contributed by atoms with Crippen LogP contribution < -0.4 is 5.32 Å². The van der Waals surface area contributed by atoms with Crippen LogP contribution in [0.1, 0.15) is 40.2 Å². The summed E-state index contributed by atoms with van der Waals surface area (Å²) in [5.74, 6) is -2.38. The van der Waals surface area contributed by atoms with E-state index in [2.05, 4.69) is 21.2 Å². The first kappa shape index (κ1) is 25.8. The van der Waals surface area contributed by atoms with Crippen molar-refractivity contribution in [2.24, 2.45) is 0 Å². The highest BCUT2D eigenvalue weighted by Gasteiger charge is 2.23. The van der Waals surface area contributed by atoms with Crippen molar-refractivity contribution < 1.29 is 19.1 Å². The highest BCUT2D eigenvalue weighted by atomic mass is 79.9. The lowest BCUT2D eigenvalue weighted by Gasteiger charge is -2.20. The summed E-state index contributed by atoms with van der Waals surface area (Å²) in [6.45, 7) is 1.95. The summed E-state index contributed by atoms with van der Waals surface area (Å²) in [6.07, 6.45) is 0.0470. The molecule has 0 radical (unpaired) electrons. The maximum absolute atomic E-state index is 14.1. The molecule has 2 N–H and O–H groups in total. The predicted molar refractivity (Wildman–Crippen MR) is 143 cm³/mol. The normalized spacial score (nSPS) is 11.9. The van der Waals surface area contributed by atoms with Gasteiger partial charge in [-0.2, -0.15) is 0 Å². The number of benzene rings is 3. The summed E-state index contributed by atoms with van der Waals surface area (Å²) >= 11 is 9.68. The predicted octanol–water partition coefficient (Wildman–Crippen LogP) is 7.14. The van der Waals surface area contributed by atoms with Crippen LogP contribution in [0, 0.1) is 12.7 Å². The molecule has 0 saturated carbocycles. The third kappa shape index (κ3) is 5.58. The summed E-state index contributed by atoms with van der Waals surface area (Å²) in [7, 11) is 0. The molecule has 0 fully saturated rings. The first-order chi connectivity index (χ1) is 17.3. The van der Waals surface area contributed by atoms with Gasteiger partial charge in [-0.15, -0.1) is 0 Å². The van der Waals surface area contributed by atoms with Crippen LogP contribution in [-0.2, 0) is 4.79 Å². The molecule has 8 heteroatoms. The Balaban J connectivity index is 1.72. The summed E-state index contributed by atoms with van der Waals surface area (Å²) in [6, 6.07) is 19.6. The van der Waals surface area contributed by atoms with E-state index < -0.39 is 17.7 Å². The number of carboxylic acids is 1. The average molecular weight is 570 g/mol. The molecule has 5 nitrogen and oxygen atoms in total. The Morgan fingerprint density at radius 3 is 2.58 bits per heavy atom. The number of fused-ring (bicyclic) bond motifs is 1. The molecule has 0 aliphatic carbocycles. The van der Waals surface area contributed by atoms with Crippen LogP contribution in [0.3, 0.4) is 0 Å². The fourth-order valence-electron chi connectivity index (χ4n) is 4.31. The number of carboxylic acid groups (broad SMARTS) is 1. The number of carbonyl (C=O) groups is 2. The largest absolute Gasteiger partial charge is 0.481 e. The number of hydrogen-bond acceptors (Lipinski definition) is 3. The van der Waals surface area contributed by atoms with E-state index in [0.29, 0.717) is 27.7 Å². The number of hydrogen-bond donors (Lipinski definition) is 2. The first-order valence-electron chi connectivity index (χ1n) is 11.4. The molecule has 1 heterocycles. The van der Waals surface area contributed by atoms with Gasteiger partial charge < -0.3 is 10.4 Å². The SMILES string of the molecule is Cc1c(-c2ccccc2)nc2ccc(Br)cc2c1C(=O)NCC(CCC(=O)O)c1cccc(F)c1Cl. The minimum Gasteiger partial charge on any atom is -0.481 e. The topological polar surface area (TPSA) is 79.3 Å². The van der Waals surface area contributed by atoms with Gasteiger partial charge in [-0.05, 0) is 48.7 Å². The fourth-order valence-corrected chi connectivity index (χ4v) is 4.95. The second-order valence-electron chi connectivity index (χ2n) is 8.47. The van der Waals surface area contributed by atoms with Crippen molar-refractivity contribution in [3.63, 3.8) is 0 Å². The zero-order chi connectivity index (χ0) is 25.8. The molecule has 0 saturated heterocycles. The van der Waals surface area contributed by atoms with E-state index in [1.807, 2.05) is 55.5 Å². The van der Waals surface area contributed by atoms with Gasteiger partial charge in [-0.3, -0.25) is 9.59 Å². The number of aromatic nitrogens is 1. The summed E-state index contributed by atoms with van der Waals surface area (Å²) in [5, 5.41) is 12.8. The van der Waals surface area contributed by atoms with Crippen molar-refractivity contribution in [2.75, 3.05) is 6.54 Å². The third-order valence-electron chi connectivity index (χ3n) is 6.10. The number of nitrogens with zero attached hydrogens (tertiary/aromatic N) is 1. The monoisotopic (exact) mass is 568 g/mol. The zero-order valence-corrected chi connectivity index (χ0v) is 21.7. The molecule has 36 heavy (non-hydrogen) atoms. The number of rotatable bonds is 8. The van der Waals surface area contributed by atoms with Crippen LogP contribution in [0.5, 0.6) is 0 Å². The Hall–Kier alpha value is -3.29. The number of aliphatic carboxylic acids is 1. The smallest absolute Gasteiger partial charge is 0.303 e. The van der Waals surface area contributed by atoms with Gasteiger partial charge in [-0.25, -0.2) is 9.37 Å². The maximum Gasteiger partial charge on any atom is 0.303 e. The molecule has 4 aromatic rings. The van der Waals surface area contributed by atoms with E-state index in [1.165, 1.54) is 12.1 Å². The van der Waals surface area contributed by atoms with Gasteiger partial charge in [0.05, 0.1) is 21.8 Å². The van der Waals surface area contributed by atoms with Crippen molar-refractivity contribution in [3.8, 4) is 11.3 Å². The summed E-state index contributed by atoms with van der Waals surface area (Å²) in [4.78, 5) is 29.7. The van der Waals surface area contributed by atoms with E-state index in [0.717, 1.165) is 15.6 Å². The Kier molecular flexibility index (Phi) is 8.01. The minimum absolute atomic E-state index is 0.0667. The van der Waals surface area contributed by atoms with Crippen molar-refractivity contribution in [3.05, 3.63) is 98.7 Å². The number of pyridine rings is 1. The van der Waals surface area contributed by atoms with Crippen LogP contribution in [0.25, 0.3) is 22.2 Å². The number of halogens is 3. The van der Waals surface area contributed by atoms with Gasteiger partial charge in [0.15, 0.2) is 0 Å². The van der Waals surface area contributed by atoms with E-state index in [9.17, 15) is 19.1 Å². The molecule has 3 aromatic carbocycles. The van der Waals surface area contributed by atoms with Crippen molar-refractivity contribution in [1.82, 2.24) is 10.3 Å². The second-order valence-corrected chi connectivity index (χ2v) is 9.76. The summed E-state index contributed by atoms with van der Waals surface area (Å²) in [5.41, 5.74) is 3.91. The molecule has 1 unspecified atom stereocenters. The maximum atomic E-state index is 14.1. The van der Waals surface area contributed by atoms with Gasteiger partial charge in [0, 0.05) is 34.3 Å². The zero-order valence-electron chi connectivity index (χ0n) is 19.4. The second kappa shape index (κ2) is 11.2. The van der Waals surface area contributed by atoms with Gasteiger partial charge in [0.1, 0.15) is 5.82 Å². The van der Waals surface area contributed by atoms with Crippen LogP contribution in [0.4, 0.5) is 4.39 Å². The first-order valence-corrected chi connectivity index (χ1v) is 12.5. The molecule has 1 atom stereocenters. The van der Waals surface area contributed by atoms with Crippen molar-refractivity contribution in [2.45, 2.75) is 25.7 Å². The van der Waals surface area contributed by atoms with Crippen LogP contribution in [0.15, 0.2) is 71.2 Å². The molecule has 1 amide bonds. The Bertz CT molecular complexity index is 1450. The lowest BCUT2D eigenvalue weighted by atomic mass is 9.93. The number of nitrogens with one attached hydrogen (secondary N) is 1. The molecule has 184 valence electrons. The highest BCUT2D eigenvalue weighted by molar-refractivity contribution is 9.10. The molecule has 0 aliphatic heterocycles. The van der Waals surface area contributed by atoms with Gasteiger partial charge in [0.2, 0.25) is 0 Å². The third-order valence-corrected chi connectivity index (χ3v) is 6.99. The van der Waals surface area contributed by atoms with Crippen LogP contribution >= 0.6 is 27.5 Å². The Morgan fingerprint density at radius 1 is 1.11 bits per heavy atom. The lowest BCUT2D eigenvalue weighted by molar-refractivity contribution is -0.137. The fraction of sp³-hybridized carbons (Fsp3) is 0.179. The Morgan fingerprint density at radius 2 is 1.86 bits per heavy atom. The Labute approximate surface area is 221 Å². The van der Waals surface area contributed by atoms with E-state index >= 15 is 0 Å². The quantitative estimate of drug-likeness (QED) is 0.236. The highest BCUT2D eigenvalue weighted by Crippen LogP contribution is 2.33. The molecule has 4 rings (SSSR count). The van der Waals surface area contributed by atoms with E-state index in [1.54, 1.807) is 6.07 Å². The molecule has 0 aliphatic rings. The van der Waals surface area contributed by atoms with Crippen molar-refractivity contribution in [1.29, 1.82) is 0 Å². The van der Waals surface area contributed by atoms with Crippen molar-refractivity contribution >= 4 is 50.3 Å². The number of carbonyl (C=O) groups excluding carboxylic acids is 1. The lowest BCUT2D eigenvalue weighted by Crippen LogP contribution is -2.30.